The lowest BCUT2D eigenvalue weighted by Gasteiger charge is -2.22. The van der Waals surface area contributed by atoms with Gasteiger partial charge in [0.05, 0.1) is 18.4 Å². The molecule has 1 atom stereocenters. The maximum absolute atomic E-state index is 11.9. The van der Waals surface area contributed by atoms with E-state index in [0.717, 1.165) is 0 Å². The second-order valence-corrected chi connectivity index (χ2v) is 5.79. The van der Waals surface area contributed by atoms with Gasteiger partial charge in [0, 0.05) is 0 Å². The lowest BCUT2D eigenvalue weighted by molar-refractivity contribution is 0.168. The van der Waals surface area contributed by atoms with Crippen LogP contribution in [0.15, 0.2) is 0 Å². The Balaban J connectivity index is 4.30. The topological polar surface area (TPSA) is 35.5 Å². The Kier molecular flexibility index (Phi) is 5.07. The first-order valence-electron chi connectivity index (χ1n) is 4.35. The average molecular weight is 194 g/mol. The lowest BCUT2D eigenvalue weighted by atomic mass is 10.5. The molecule has 0 rings (SSSR count). The maximum Gasteiger partial charge on any atom is 0.333 e. The molecule has 0 spiro atoms. The largest absolute Gasteiger partial charge is 0.333 e. The molecule has 0 aliphatic carbocycles. The van der Waals surface area contributed by atoms with Gasteiger partial charge in [-0.05, 0) is 20.8 Å². The van der Waals surface area contributed by atoms with Crippen LogP contribution in [0.1, 0.15) is 34.6 Å². The quantitative estimate of drug-likeness (QED) is 0.631. The van der Waals surface area contributed by atoms with E-state index in [1.165, 1.54) is 0 Å². The summed E-state index contributed by atoms with van der Waals surface area (Å²) in [5.41, 5.74) is -0.0696. The van der Waals surface area contributed by atoms with Gasteiger partial charge in [0.25, 0.3) is 0 Å². The van der Waals surface area contributed by atoms with Crippen molar-refractivity contribution in [1.82, 2.24) is 0 Å². The van der Waals surface area contributed by atoms with Crippen LogP contribution in [0.3, 0.4) is 0 Å². The molecule has 0 heterocycles. The summed E-state index contributed by atoms with van der Waals surface area (Å²) in [6, 6.07) is 0. The molecule has 0 bridgehead atoms. The van der Waals surface area contributed by atoms with Crippen molar-refractivity contribution in [3.8, 4) is 0 Å². The van der Waals surface area contributed by atoms with Crippen LogP contribution in [-0.2, 0) is 13.6 Å². The fourth-order valence-corrected chi connectivity index (χ4v) is 2.33. The fourth-order valence-electron chi connectivity index (χ4n) is 0.775. The van der Waals surface area contributed by atoms with E-state index in [1.54, 1.807) is 0 Å². The number of hydrogen-bond acceptors (Lipinski definition) is 3. The van der Waals surface area contributed by atoms with E-state index in [4.69, 9.17) is 9.05 Å². The van der Waals surface area contributed by atoms with E-state index in [-0.39, 0.29) is 11.8 Å². The van der Waals surface area contributed by atoms with Gasteiger partial charge < -0.3 is 9.05 Å². The standard InChI is InChI=1S/C8H19O3P/c1-6-10-12(9,8(4)5)11-7(2)3/h7-8H,6H2,1-5H3. The molecule has 0 N–H and O–H groups in total. The van der Waals surface area contributed by atoms with Crippen molar-refractivity contribution < 1.29 is 13.6 Å². The van der Waals surface area contributed by atoms with E-state index in [0.29, 0.717) is 6.61 Å². The molecular formula is C8H19O3P. The van der Waals surface area contributed by atoms with E-state index in [1.807, 2.05) is 34.6 Å². The van der Waals surface area contributed by atoms with Crippen molar-refractivity contribution in [3.63, 3.8) is 0 Å². The Morgan fingerprint density at radius 3 is 2.00 bits per heavy atom. The molecule has 4 heteroatoms. The van der Waals surface area contributed by atoms with Crippen LogP contribution in [0.25, 0.3) is 0 Å². The first-order chi connectivity index (χ1) is 5.42. The third-order valence-corrected chi connectivity index (χ3v) is 3.90. The zero-order valence-corrected chi connectivity index (χ0v) is 9.43. The minimum Gasteiger partial charge on any atom is -0.309 e. The number of rotatable bonds is 5. The van der Waals surface area contributed by atoms with Crippen LogP contribution in [-0.4, -0.2) is 18.4 Å². The van der Waals surface area contributed by atoms with Gasteiger partial charge in [0.1, 0.15) is 0 Å². The van der Waals surface area contributed by atoms with Gasteiger partial charge in [-0.1, -0.05) is 13.8 Å². The molecule has 74 valence electrons. The molecule has 0 amide bonds. The van der Waals surface area contributed by atoms with Gasteiger partial charge in [-0.2, -0.15) is 0 Å². The Hall–Kier alpha value is 0.150. The second kappa shape index (κ2) is 5.00. The van der Waals surface area contributed by atoms with Gasteiger partial charge in [-0.25, -0.2) is 0 Å². The zero-order valence-electron chi connectivity index (χ0n) is 8.53. The highest BCUT2D eigenvalue weighted by Crippen LogP contribution is 2.53. The van der Waals surface area contributed by atoms with Gasteiger partial charge in [-0.15, -0.1) is 0 Å². The van der Waals surface area contributed by atoms with Crippen molar-refractivity contribution in [1.29, 1.82) is 0 Å². The van der Waals surface area contributed by atoms with E-state index in [2.05, 4.69) is 0 Å². The van der Waals surface area contributed by atoms with Crippen LogP contribution in [0.5, 0.6) is 0 Å². The Morgan fingerprint density at radius 2 is 1.75 bits per heavy atom. The van der Waals surface area contributed by atoms with Crippen molar-refractivity contribution in [2.24, 2.45) is 0 Å². The Morgan fingerprint density at radius 1 is 1.25 bits per heavy atom. The minimum absolute atomic E-state index is 0.0511. The summed E-state index contributed by atoms with van der Waals surface area (Å²) < 4.78 is 22.3. The lowest BCUT2D eigenvalue weighted by Crippen LogP contribution is -2.10. The molecule has 0 aromatic carbocycles. The highest BCUT2D eigenvalue weighted by atomic mass is 31.2. The molecule has 12 heavy (non-hydrogen) atoms. The first-order valence-corrected chi connectivity index (χ1v) is 5.96. The van der Waals surface area contributed by atoms with Crippen LogP contribution >= 0.6 is 7.60 Å². The van der Waals surface area contributed by atoms with Gasteiger partial charge in [0.15, 0.2) is 0 Å². The van der Waals surface area contributed by atoms with Crippen molar-refractivity contribution >= 4 is 7.60 Å². The van der Waals surface area contributed by atoms with Crippen molar-refractivity contribution in [3.05, 3.63) is 0 Å². The molecular weight excluding hydrogens is 175 g/mol. The van der Waals surface area contributed by atoms with Crippen molar-refractivity contribution in [2.45, 2.75) is 46.4 Å². The third kappa shape index (κ3) is 3.70. The van der Waals surface area contributed by atoms with Crippen LogP contribution in [0, 0.1) is 0 Å². The summed E-state index contributed by atoms with van der Waals surface area (Å²) in [6.07, 6.45) is -0.0511. The normalized spacial score (nSPS) is 16.9. The highest BCUT2D eigenvalue weighted by Gasteiger charge is 2.29. The summed E-state index contributed by atoms with van der Waals surface area (Å²) in [6.45, 7) is 9.65. The first kappa shape index (κ1) is 12.2. The molecule has 0 radical (unpaired) electrons. The molecule has 1 unspecified atom stereocenters. The Labute approximate surface area is 75.0 Å². The van der Waals surface area contributed by atoms with Gasteiger partial charge in [-0.3, -0.25) is 4.57 Å². The molecule has 0 aliphatic heterocycles. The van der Waals surface area contributed by atoms with E-state index in [9.17, 15) is 4.57 Å². The van der Waals surface area contributed by atoms with Gasteiger partial charge >= 0.3 is 7.60 Å². The summed E-state index contributed by atoms with van der Waals surface area (Å²) in [5.74, 6) is 0. The Bertz CT molecular complexity index is 166. The molecule has 0 aromatic rings. The highest BCUT2D eigenvalue weighted by molar-refractivity contribution is 7.54. The second-order valence-electron chi connectivity index (χ2n) is 3.21. The summed E-state index contributed by atoms with van der Waals surface area (Å²) in [4.78, 5) is 0. The molecule has 0 aromatic heterocycles. The summed E-state index contributed by atoms with van der Waals surface area (Å²) in [5, 5.41) is 0. The smallest absolute Gasteiger partial charge is 0.309 e. The molecule has 0 saturated heterocycles. The molecule has 3 nitrogen and oxygen atoms in total. The van der Waals surface area contributed by atoms with Crippen LogP contribution in [0.2, 0.25) is 0 Å². The third-order valence-electron chi connectivity index (χ3n) is 1.30. The predicted octanol–water partition coefficient (Wildman–Crippen LogP) is 3.05. The SMILES string of the molecule is CCOP(=O)(OC(C)C)C(C)C. The molecule has 0 aliphatic rings. The average Bonchev–Trinajstić information content (AvgIpc) is 1.85. The van der Waals surface area contributed by atoms with Crippen molar-refractivity contribution in [2.75, 3.05) is 6.61 Å². The molecule has 0 fully saturated rings. The fraction of sp³-hybridized carbons (Fsp3) is 1.00. The zero-order chi connectivity index (χ0) is 9.78. The number of hydrogen-bond donors (Lipinski definition) is 0. The van der Waals surface area contributed by atoms with E-state index >= 15 is 0 Å². The summed E-state index contributed by atoms with van der Waals surface area (Å²) >= 11 is 0. The minimum atomic E-state index is -2.85. The monoisotopic (exact) mass is 194 g/mol. The predicted molar refractivity (Wildman–Crippen MR) is 50.6 cm³/mol. The van der Waals surface area contributed by atoms with Gasteiger partial charge in [0.2, 0.25) is 0 Å². The molecule has 0 saturated carbocycles. The van der Waals surface area contributed by atoms with Crippen LogP contribution < -0.4 is 0 Å². The maximum atomic E-state index is 11.9. The van der Waals surface area contributed by atoms with E-state index < -0.39 is 7.60 Å². The summed E-state index contributed by atoms with van der Waals surface area (Å²) in [7, 11) is -2.85. The van der Waals surface area contributed by atoms with Crippen LogP contribution in [0.4, 0.5) is 0 Å².